The van der Waals surface area contributed by atoms with Gasteiger partial charge < -0.3 is 11.1 Å². The average Bonchev–Trinajstić information content (AvgIpc) is 2.42. The summed E-state index contributed by atoms with van der Waals surface area (Å²) in [5, 5.41) is 9.87. The van der Waals surface area contributed by atoms with Crippen LogP contribution in [0.2, 0.25) is 0 Å². The molecular formula is C12H10F2N4O. The molecule has 0 atom stereocenters. The zero-order valence-corrected chi connectivity index (χ0v) is 9.73. The maximum absolute atomic E-state index is 13.2. The number of carbonyl (C=O) groups is 1. The van der Waals surface area contributed by atoms with Crippen molar-refractivity contribution in [2.45, 2.75) is 6.54 Å². The Morgan fingerprint density at radius 1 is 1.32 bits per heavy atom. The zero-order valence-electron chi connectivity index (χ0n) is 9.73. The topological polar surface area (TPSA) is 80.9 Å². The van der Waals surface area contributed by atoms with Gasteiger partial charge in [-0.15, -0.1) is 0 Å². The number of carbonyl (C=O) groups excluding carboxylic acids is 1. The highest BCUT2D eigenvalue weighted by molar-refractivity contribution is 5.94. The van der Waals surface area contributed by atoms with Gasteiger partial charge in [-0.25, -0.2) is 8.78 Å². The molecule has 7 heteroatoms. The molecule has 0 aliphatic carbocycles. The first-order chi connectivity index (χ1) is 9.08. The van der Waals surface area contributed by atoms with Crippen molar-refractivity contribution in [3.05, 3.63) is 53.4 Å². The largest absolute Gasteiger partial charge is 0.394 e. The third-order valence-electron chi connectivity index (χ3n) is 2.40. The Bertz CT molecular complexity index is 581. The van der Waals surface area contributed by atoms with Gasteiger partial charge in [-0.1, -0.05) is 0 Å². The van der Waals surface area contributed by atoms with E-state index in [0.29, 0.717) is 5.69 Å². The maximum atomic E-state index is 13.2. The minimum atomic E-state index is -0.968. The fourth-order valence-corrected chi connectivity index (χ4v) is 1.42. The number of nitrogens with zero attached hydrogens (tertiary/aromatic N) is 2. The number of anilines is 1. The molecule has 0 aliphatic heterocycles. The van der Waals surface area contributed by atoms with Crippen LogP contribution in [0.15, 0.2) is 30.5 Å². The molecule has 1 heterocycles. The Hall–Kier alpha value is -2.57. The van der Waals surface area contributed by atoms with Crippen LogP contribution < -0.4 is 11.1 Å². The van der Waals surface area contributed by atoms with Gasteiger partial charge in [0, 0.05) is 11.8 Å². The summed E-state index contributed by atoms with van der Waals surface area (Å²) in [5.74, 6) is -2.56. The van der Waals surface area contributed by atoms with E-state index < -0.39 is 23.2 Å². The number of amides is 1. The van der Waals surface area contributed by atoms with Crippen LogP contribution in [0.5, 0.6) is 0 Å². The van der Waals surface area contributed by atoms with Gasteiger partial charge in [-0.3, -0.25) is 4.79 Å². The van der Waals surface area contributed by atoms with Gasteiger partial charge in [0.2, 0.25) is 0 Å². The number of aromatic nitrogens is 2. The van der Waals surface area contributed by atoms with Gasteiger partial charge in [0.15, 0.2) is 0 Å². The normalized spacial score (nSPS) is 10.2. The SMILES string of the molecule is Nc1c(F)cc(C(=O)NCc2cccnn2)cc1F. The van der Waals surface area contributed by atoms with E-state index in [1.807, 2.05) is 0 Å². The molecule has 1 aromatic heterocycles. The molecular weight excluding hydrogens is 254 g/mol. The molecule has 2 aromatic rings. The summed E-state index contributed by atoms with van der Waals surface area (Å²) in [7, 11) is 0. The number of hydrogen-bond donors (Lipinski definition) is 2. The number of halogens is 2. The van der Waals surface area contributed by atoms with E-state index in [4.69, 9.17) is 5.73 Å². The fraction of sp³-hybridized carbons (Fsp3) is 0.0833. The predicted molar refractivity (Wildman–Crippen MR) is 64.0 cm³/mol. The molecule has 2 rings (SSSR count). The molecule has 1 aromatic carbocycles. The van der Waals surface area contributed by atoms with Crippen molar-refractivity contribution in [3.8, 4) is 0 Å². The van der Waals surface area contributed by atoms with Crippen LogP contribution in [-0.4, -0.2) is 16.1 Å². The van der Waals surface area contributed by atoms with Crippen LogP contribution in [0.3, 0.4) is 0 Å². The molecule has 0 fully saturated rings. The molecule has 0 aliphatic rings. The number of rotatable bonds is 3. The van der Waals surface area contributed by atoms with Crippen molar-refractivity contribution in [1.29, 1.82) is 0 Å². The Morgan fingerprint density at radius 2 is 2.00 bits per heavy atom. The van der Waals surface area contributed by atoms with Crippen LogP contribution >= 0.6 is 0 Å². The Balaban J connectivity index is 2.08. The summed E-state index contributed by atoms with van der Waals surface area (Å²) in [6.45, 7) is 0.111. The molecule has 3 N–H and O–H groups in total. The van der Waals surface area contributed by atoms with Crippen molar-refractivity contribution in [2.75, 3.05) is 5.73 Å². The number of hydrogen-bond acceptors (Lipinski definition) is 4. The third-order valence-corrected chi connectivity index (χ3v) is 2.40. The van der Waals surface area contributed by atoms with E-state index in [2.05, 4.69) is 15.5 Å². The Kier molecular flexibility index (Phi) is 3.65. The van der Waals surface area contributed by atoms with Crippen molar-refractivity contribution >= 4 is 11.6 Å². The standard InChI is InChI=1S/C12H10F2N4O/c13-9-4-7(5-10(14)11(9)15)12(19)16-6-8-2-1-3-17-18-8/h1-5H,6,15H2,(H,16,19). The molecule has 0 saturated heterocycles. The van der Waals surface area contributed by atoms with Crippen molar-refractivity contribution in [2.24, 2.45) is 0 Å². The molecule has 0 unspecified atom stereocenters. The fourth-order valence-electron chi connectivity index (χ4n) is 1.42. The molecule has 0 radical (unpaired) electrons. The smallest absolute Gasteiger partial charge is 0.251 e. The van der Waals surface area contributed by atoms with Crippen LogP contribution in [0.1, 0.15) is 16.1 Å². The first-order valence-corrected chi connectivity index (χ1v) is 5.37. The van der Waals surface area contributed by atoms with Gasteiger partial charge in [-0.05, 0) is 24.3 Å². The summed E-state index contributed by atoms with van der Waals surface area (Å²) in [4.78, 5) is 11.7. The molecule has 0 bridgehead atoms. The van der Waals surface area contributed by atoms with Gasteiger partial charge in [0.1, 0.15) is 17.3 Å². The van der Waals surface area contributed by atoms with Crippen LogP contribution in [0, 0.1) is 11.6 Å². The van der Waals surface area contributed by atoms with Crippen molar-refractivity contribution < 1.29 is 13.6 Å². The highest BCUT2D eigenvalue weighted by Gasteiger charge is 2.13. The van der Waals surface area contributed by atoms with Crippen molar-refractivity contribution in [3.63, 3.8) is 0 Å². The number of benzene rings is 1. The van der Waals surface area contributed by atoms with Crippen LogP contribution in [0.4, 0.5) is 14.5 Å². The molecule has 5 nitrogen and oxygen atoms in total. The molecule has 0 spiro atoms. The van der Waals surface area contributed by atoms with Crippen LogP contribution in [-0.2, 0) is 6.54 Å². The molecule has 1 amide bonds. The van der Waals surface area contributed by atoms with Crippen molar-refractivity contribution in [1.82, 2.24) is 15.5 Å². The minimum absolute atomic E-state index is 0.111. The zero-order chi connectivity index (χ0) is 13.8. The van der Waals surface area contributed by atoms with Gasteiger partial charge in [0.25, 0.3) is 5.91 Å². The second-order valence-corrected chi connectivity index (χ2v) is 3.75. The first kappa shape index (κ1) is 12.9. The van der Waals surface area contributed by atoms with E-state index in [1.54, 1.807) is 12.1 Å². The lowest BCUT2D eigenvalue weighted by molar-refractivity contribution is 0.0949. The van der Waals surface area contributed by atoms with E-state index in [0.717, 1.165) is 12.1 Å². The molecule has 19 heavy (non-hydrogen) atoms. The van der Waals surface area contributed by atoms with E-state index in [1.165, 1.54) is 6.20 Å². The summed E-state index contributed by atoms with van der Waals surface area (Å²) in [6, 6.07) is 5.09. The maximum Gasteiger partial charge on any atom is 0.251 e. The Labute approximate surface area is 107 Å². The lowest BCUT2D eigenvalue weighted by Crippen LogP contribution is -2.23. The summed E-state index contributed by atoms with van der Waals surface area (Å²) < 4.78 is 26.4. The minimum Gasteiger partial charge on any atom is -0.394 e. The van der Waals surface area contributed by atoms with Gasteiger partial charge in [-0.2, -0.15) is 10.2 Å². The Morgan fingerprint density at radius 3 is 2.58 bits per heavy atom. The first-order valence-electron chi connectivity index (χ1n) is 5.37. The number of nitrogens with two attached hydrogens (primary N) is 1. The van der Waals surface area contributed by atoms with E-state index in [9.17, 15) is 13.6 Å². The molecule has 0 saturated carbocycles. The second-order valence-electron chi connectivity index (χ2n) is 3.75. The summed E-state index contributed by atoms with van der Waals surface area (Å²) in [6.07, 6.45) is 1.50. The highest BCUT2D eigenvalue weighted by atomic mass is 19.1. The second kappa shape index (κ2) is 5.38. The lowest BCUT2D eigenvalue weighted by atomic mass is 10.1. The predicted octanol–water partition coefficient (Wildman–Crippen LogP) is 1.27. The number of nitrogens with one attached hydrogen (secondary N) is 1. The monoisotopic (exact) mass is 264 g/mol. The van der Waals surface area contributed by atoms with E-state index in [-0.39, 0.29) is 12.1 Å². The lowest BCUT2D eigenvalue weighted by Gasteiger charge is -2.06. The quantitative estimate of drug-likeness (QED) is 0.818. The molecule has 98 valence electrons. The average molecular weight is 264 g/mol. The van der Waals surface area contributed by atoms with Crippen LogP contribution in [0.25, 0.3) is 0 Å². The van der Waals surface area contributed by atoms with E-state index >= 15 is 0 Å². The summed E-state index contributed by atoms with van der Waals surface area (Å²) >= 11 is 0. The third kappa shape index (κ3) is 3.01. The number of nitrogen functional groups attached to an aromatic ring is 1. The van der Waals surface area contributed by atoms with Gasteiger partial charge in [0.05, 0.1) is 12.2 Å². The highest BCUT2D eigenvalue weighted by Crippen LogP contribution is 2.17. The summed E-state index contributed by atoms with van der Waals surface area (Å²) in [5.41, 5.74) is 4.90. The van der Waals surface area contributed by atoms with Gasteiger partial charge >= 0.3 is 0 Å².